The van der Waals surface area contributed by atoms with Crippen LogP contribution in [0.4, 0.5) is 11.5 Å². The number of phenols is 1. The van der Waals surface area contributed by atoms with Gasteiger partial charge in [-0.25, -0.2) is 4.98 Å². The molecule has 5 aromatic carbocycles. The van der Waals surface area contributed by atoms with Crippen molar-refractivity contribution in [3.8, 4) is 50.4 Å². The Morgan fingerprint density at radius 1 is 0.549 bits per heavy atom. The van der Waals surface area contributed by atoms with Crippen LogP contribution in [0.25, 0.3) is 44.6 Å². The number of anilines is 2. The molecule has 0 radical (unpaired) electrons. The normalized spacial score (nSPS) is 14.2. The summed E-state index contributed by atoms with van der Waals surface area (Å²) < 4.78 is 0. The molecule has 0 amide bonds. The molecule has 254 valence electrons. The molecule has 6 aromatic rings. The maximum atomic E-state index is 11.0. The Kier molecular flexibility index (Phi) is 8.95. The zero-order chi connectivity index (χ0) is 35.8. The Bertz CT molecular complexity index is 2210. The van der Waals surface area contributed by atoms with Gasteiger partial charge in [0, 0.05) is 22.9 Å². The number of para-hydroxylation sites is 2. The van der Waals surface area contributed by atoms with Crippen LogP contribution in [0.5, 0.6) is 5.75 Å². The predicted octanol–water partition coefficient (Wildman–Crippen LogP) is 12.2. The molecule has 1 unspecified atom stereocenters. The second-order valence-electron chi connectivity index (χ2n) is 15.3. The standard InChI is InChI=1S/C47H45N3O/c1-46(2,3)37-29-34(30-38(31-37)47(4,5)6)33-26-35(40-19-11-13-22-43(40)51)28-36(27-33)41-20-14-23-45(49-41)50(44-24-15-25-48-44)42-21-12-10-18-39(42)32-16-8-7-9-17-32/h7-31,44,51H,1-6H3. The Balaban J connectivity index is 1.42. The second kappa shape index (κ2) is 13.5. The zero-order valence-corrected chi connectivity index (χ0v) is 30.3. The first-order valence-electron chi connectivity index (χ1n) is 17.7. The highest BCUT2D eigenvalue weighted by Gasteiger charge is 2.25. The minimum absolute atomic E-state index is 0.0271. The molecular formula is C47H45N3O. The molecule has 0 saturated carbocycles. The van der Waals surface area contributed by atoms with Crippen molar-refractivity contribution in [3.05, 3.63) is 157 Å². The van der Waals surface area contributed by atoms with E-state index in [4.69, 9.17) is 9.98 Å². The highest BCUT2D eigenvalue weighted by Crippen LogP contribution is 2.41. The van der Waals surface area contributed by atoms with Gasteiger partial charge in [0.2, 0.25) is 0 Å². The summed E-state index contributed by atoms with van der Waals surface area (Å²) in [5, 5.41) is 11.0. The van der Waals surface area contributed by atoms with Gasteiger partial charge in [0.1, 0.15) is 17.7 Å². The molecule has 1 N–H and O–H groups in total. The van der Waals surface area contributed by atoms with Crippen LogP contribution in [-0.2, 0) is 10.8 Å². The average Bonchev–Trinajstić information content (AvgIpc) is 3.66. The van der Waals surface area contributed by atoms with E-state index in [2.05, 4.69) is 156 Å². The molecule has 0 fully saturated rings. The Labute approximate surface area is 302 Å². The van der Waals surface area contributed by atoms with E-state index in [-0.39, 0.29) is 22.7 Å². The molecule has 0 bridgehead atoms. The lowest BCUT2D eigenvalue weighted by Gasteiger charge is -2.30. The van der Waals surface area contributed by atoms with Crippen molar-refractivity contribution in [1.29, 1.82) is 0 Å². The van der Waals surface area contributed by atoms with E-state index in [1.807, 2.05) is 36.6 Å². The first-order valence-corrected chi connectivity index (χ1v) is 17.7. The number of hydrogen-bond donors (Lipinski definition) is 1. The first kappa shape index (κ1) is 33.7. The average molecular weight is 668 g/mol. The lowest BCUT2D eigenvalue weighted by atomic mass is 9.78. The Morgan fingerprint density at radius 2 is 1.16 bits per heavy atom. The van der Waals surface area contributed by atoms with Gasteiger partial charge in [-0.15, -0.1) is 0 Å². The van der Waals surface area contributed by atoms with Crippen molar-refractivity contribution < 1.29 is 5.11 Å². The van der Waals surface area contributed by atoms with Crippen LogP contribution in [0.1, 0.15) is 52.7 Å². The monoisotopic (exact) mass is 667 g/mol. The van der Waals surface area contributed by atoms with Crippen molar-refractivity contribution in [2.24, 2.45) is 4.99 Å². The van der Waals surface area contributed by atoms with Gasteiger partial charge in [-0.1, -0.05) is 133 Å². The molecule has 1 atom stereocenters. The molecule has 1 aromatic heterocycles. The largest absolute Gasteiger partial charge is 0.507 e. The SMILES string of the molecule is CC(C)(C)c1cc(-c2cc(-c3cccc(N(c4ccccc4-c4ccccc4)C4C=CC=N4)n3)cc(-c3ccccc3O)c2)cc(C(C)(C)C)c1. The van der Waals surface area contributed by atoms with E-state index in [0.717, 1.165) is 56.1 Å². The fourth-order valence-electron chi connectivity index (χ4n) is 6.63. The van der Waals surface area contributed by atoms with E-state index in [1.54, 1.807) is 6.07 Å². The number of benzene rings is 5. The quantitative estimate of drug-likeness (QED) is 0.184. The number of allylic oxidation sites excluding steroid dienone is 1. The molecule has 2 heterocycles. The number of pyridine rings is 1. The van der Waals surface area contributed by atoms with Crippen molar-refractivity contribution in [2.45, 2.75) is 58.5 Å². The van der Waals surface area contributed by atoms with Crippen molar-refractivity contribution in [3.63, 3.8) is 0 Å². The van der Waals surface area contributed by atoms with Gasteiger partial charge in [-0.05, 0) is 98.8 Å². The highest BCUT2D eigenvalue weighted by molar-refractivity contribution is 5.86. The molecule has 0 aliphatic carbocycles. The number of phenolic OH excluding ortho intramolecular Hbond substituents is 1. The fraction of sp³-hybridized carbons (Fsp3) is 0.191. The number of aromatic nitrogens is 1. The van der Waals surface area contributed by atoms with E-state index in [9.17, 15) is 5.11 Å². The number of aliphatic imine (C=N–C) groups is 1. The minimum Gasteiger partial charge on any atom is -0.507 e. The number of aromatic hydroxyl groups is 1. The van der Waals surface area contributed by atoms with Crippen LogP contribution in [0.2, 0.25) is 0 Å². The third kappa shape index (κ3) is 7.13. The van der Waals surface area contributed by atoms with Crippen molar-refractivity contribution in [1.82, 2.24) is 4.98 Å². The molecule has 4 heteroatoms. The van der Waals surface area contributed by atoms with Crippen LogP contribution in [0, 0.1) is 0 Å². The summed E-state index contributed by atoms with van der Waals surface area (Å²) in [5.41, 5.74) is 11.5. The molecule has 1 aliphatic rings. The maximum Gasteiger partial charge on any atom is 0.146 e. The van der Waals surface area contributed by atoms with Crippen molar-refractivity contribution in [2.75, 3.05) is 4.90 Å². The van der Waals surface area contributed by atoms with E-state index in [0.29, 0.717) is 0 Å². The minimum atomic E-state index is -0.239. The summed E-state index contributed by atoms with van der Waals surface area (Å²) in [5.74, 6) is 1.04. The van der Waals surface area contributed by atoms with E-state index < -0.39 is 0 Å². The smallest absolute Gasteiger partial charge is 0.146 e. The van der Waals surface area contributed by atoms with Gasteiger partial charge < -0.3 is 5.11 Å². The van der Waals surface area contributed by atoms with Crippen LogP contribution in [0.3, 0.4) is 0 Å². The third-order valence-electron chi connectivity index (χ3n) is 9.54. The summed E-state index contributed by atoms with van der Waals surface area (Å²) in [4.78, 5) is 12.4. The highest BCUT2D eigenvalue weighted by atomic mass is 16.3. The lowest BCUT2D eigenvalue weighted by Crippen LogP contribution is -2.28. The predicted molar refractivity (Wildman–Crippen MR) is 215 cm³/mol. The van der Waals surface area contributed by atoms with Crippen molar-refractivity contribution >= 4 is 17.7 Å². The topological polar surface area (TPSA) is 48.7 Å². The summed E-state index contributed by atoms with van der Waals surface area (Å²) in [7, 11) is 0. The lowest BCUT2D eigenvalue weighted by molar-refractivity contribution is 0.477. The van der Waals surface area contributed by atoms with E-state index >= 15 is 0 Å². The number of rotatable bonds is 7. The zero-order valence-electron chi connectivity index (χ0n) is 30.3. The van der Waals surface area contributed by atoms with Gasteiger partial charge in [-0.2, -0.15) is 0 Å². The van der Waals surface area contributed by atoms with Gasteiger partial charge in [0.15, 0.2) is 0 Å². The van der Waals surface area contributed by atoms with Crippen LogP contribution >= 0.6 is 0 Å². The molecule has 51 heavy (non-hydrogen) atoms. The first-order chi connectivity index (χ1) is 24.5. The number of nitrogens with zero attached hydrogens (tertiary/aromatic N) is 3. The van der Waals surface area contributed by atoms with Crippen LogP contribution < -0.4 is 4.90 Å². The van der Waals surface area contributed by atoms with Gasteiger partial charge in [0.25, 0.3) is 0 Å². The molecule has 4 nitrogen and oxygen atoms in total. The Hall–Kier alpha value is -5.74. The second-order valence-corrected chi connectivity index (χ2v) is 15.3. The van der Waals surface area contributed by atoms with Crippen LogP contribution in [0.15, 0.2) is 151 Å². The van der Waals surface area contributed by atoms with Crippen LogP contribution in [-0.4, -0.2) is 22.5 Å². The van der Waals surface area contributed by atoms with Gasteiger partial charge in [-0.3, -0.25) is 9.89 Å². The molecule has 0 saturated heterocycles. The molecule has 0 spiro atoms. The van der Waals surface area contributed by atoms with Gasteiger partial charge in [0.05, 0.1) is 11.4 Å². The molecular weight excluding hydrogens is 623 g/mol. The number of hydrogen-bond acceptors (Lipinski definition) is 4. The summed E-state index contributed by atoms with van der Waals surface area (Å²) in [6, 6.07) is 46.2. The van der Waals surface area contributed by atoms with Gasteiger partial charge >= 0.3 is 0 Å². The summed E-state index contributed by atoms with van der Waals surface area (Å²) >= 11 is 0. The summed E-state index contributed by atoms with van der Waals surface area (Å²) in [6.07, 6.45) is 5.71. The maximum absolute atomic E-state index is 11.0. The molecule has 7 rings (SSSR count). The molecule has 1 aliphatic heterocycles. The van der Waals surface area contributed by atoms with E-state index in [1.165, 1.54) is 11.1 Å². The fourth-order valence-corrected chi connectivity index (χ4v) is 6.63. The Morgan fingerprint density at radius 3 is 1.82 bits per heavy atom. The third-order valence-corrected chi connectivity index (χ3v) is 9.54. The summed E-state index contributed by atoms with van der Waals surface area (Å²) in [6.45, 7) is 13.6.